The summed E-state index contributed by atoms with van der Waals surface area (Å²) in [6, 6.07) is 4.79. The first-order chi connectivity index (χ1) is 3.97. The molecule has 2 radical (unpaired) electrons. The van der Waals surface area contributed by atoms with E-state index in [0.717, 1.165) is 4.83 Å². The minimum atomic E-state index is 1.09. The van der Waals surface area contributed by atoms with Crippen LogP contribution in [0.4, 0.5) is 0 Å². The average Bonchev–Trinajstić information content (AvgIpc) is 2.15. The molecule has 0 saturated heterocycles. The third-order valence-electron chi connectivity index (χ3n) is 0.928. The molecule has 0 aliphatic heterocycles. The molecule has 38 valence electrons. The van der Waals surface area contributed by atoms with Crippen LogP contribution in [0.25, 0.3) is 4.83 Å². The second-order valence-electron chi connectivity index (χ2n) is 1.42. The molecule has 8 heavy (non-hydrogen) atoms. The van der Waals surface area contributed by atoms with Gasteiger partial charge < -0.3 is 0 Å². The van der Waals surface area contributed by atoms with E-state index in [0.29, 0.717) is 0 Å². The standard InChI is InChI=1S/C5H2N2S/c1-2-5-7(3-1)6-4-8-5/h2-3H. The molecule has 0 aliphatic rings. The zero-order valence-corrected chi connectivity index (χ0v) is 4.77. The van der Waals surface area contributed by atoms with Crippen LogP contribution in [0.1, 0.15) is 0 Å². The monoisotopic (exact) mass is 122 g/mol. The van der Waals surface area contributed by atoms with Gasteiger partial charge in [0.25, 0.3) is 0 Å². The molecule has 0 N–H and O–H groups in total. The van der Waals surface area contributed by atoms with Crippen molar-refractivity contribution in [1.82, 2.24) is 9.61 Å². The Labute approximate surface area is 50.4 Å². The maximum absolute atomic E-state index is 3.86. The molecular weight excluding hydrogens is 120 g/mol. The van der Waals surface area contributed by atoms with Crippen molar-refractivity contribution in [2.45, 2.75) is 0 Å². The van der Waals surface area contributed by atoms with E-state index >= 15 is 0 Å². The molecule has 2 aromatic heterocycles. The molecule has 0 unspecified atom stereocenters. The molecule has 2 nitrogen and oxygen atoms in total. The number of fused-ring (bicyclic) bond motifs is 1. The highest BCUT2D eigenvalue weighted by molar-refractivity contribution is 7.14. The fraction of sp³-hybridized carbons (Fsp3) is 0. The summed E-state index contributed by atoms with van der Waals surface area (Å²) in [4.78, 5) is 1.09. The van der Waals surface area contributed by atoms with E-state index in [2.05, 4.69) is 16.7 Å². The summed E-state index contributed by atoms with van der Waals surface area (Å²) >= 11 is 1.49. The third-order valence-corrected chi connectivity index (χ3v) is 1.62. The molecule has 2 aromatic rings. The van der Waals surface area contributed by atoms with Crippen LogP contribution in [0.15, 0.2) is 12.3 Å². The Morgan fingerprint density at radius 2 is 2.75 bits per heavy atom. The van der Waals surface area contributed by atoms with Gasteiger partial charge in [0.15, 0.2) is 5.51 Å². The van der Waals surface area contributed by atoms with Crippen molar-refractivity contribution < 1.29 is 0 Å². The van der Waals surface area contributed by atoms with Crippen molar-refractivity contribution in [3.63, 3.8) is 0 Å². The highest BCUT2D eigenvalue weighted by Crippen LogP contribution is 2.06. The van der Waals surface area contributed by atoms with Gasteiger partial charge in [0.05, 0.1) is 0 Å². The SMILES string of the molecule is [c]1cc2s[c]nn2c1. The normalized spacial score (nSPS) is 10.5. The van der Waals surface area contributed by atoms with Crippen LogP contribution in [0.2, 0.25) is 0 Å². The molecule has 0 atom stereocenters. The Kier molecular flexibility index (Phi) is 0.676. The lowest BCUT2D eigenvalue weighted by Gasteiger charge is -1.71. The van der Waals surface area contributed by atoms with Crippen LogP contribution >= 0.6 is 11.3 Å². The van der Waals surface area contributed by atoms with Crippen LogP contribution in [-0.2, 0) is 0 Å². The van der Waals surface area contributed by atoms with Gasteiger partial charge in [-0.2, -0.15) is 5.10 Å². The molecule has 0 fully saturated rings. The highest BCUT2D eigenvalue weighted by atomic mass is 32.1. The topological polar surface area (TPSA) is 17.3 Å². The maximum Gasteiger partial charge on any atom is 0.177 e. The fourth-order valence-electron chi connectivity index (χ4n) is 0.574. The number of hydrogen-bond donors (Lipinski definition) is 0. The van der Waals surface area contributed by atoms with E-state index in [1.807, 2.05) is 6.07 Å². The first-order valence-corrected chi connectivity index (χ1v) is 3.00. The van der Waals surface area contributed by atoms with E-state index in [9.17, 15) is 0 Å². The molecule has 0 saturated carbocycles. The molecule has 3 heteroatoms. The molecule has 2 heterocycles. The van der Waals surface area contributed by atoms with Gasteiger partial charge in [-0.3, -0.25) is 0 Å². The Balaban J connectivity index is 3.06. The van der Waals surface area contributed by atoms with Gasteiger partial charge in [-0.1, -0.05) is 11.3 Å². The van der Waals surface area contributed by atoms with Crippen molar-refractivity contribution in [2.24, 2.45) is 0 Å². The smallest absolute Gasteiger partial charge is 0.177 e. The predicted octanol–water partition coefficient (Wildman–Crippen LogP) is 0.996. The summed E-state index contributed by atoms with van der Waals surface area (Å²) in [5, 5.41) is 3.86. The summed E-state index contributed by atoms with van der Waals surface area (Å²) in [6.07, 6.45) is 1.78. The third kappa shape index (κ3) is 0.391. The molecular formula is C5H2N2S. The number of aromatic nitrogens is 2. The second kappa shape index (κ2) is 1.32. The lowest BCUT2D eigenvalue weighted by Crippen LogP contribution is -1.74. The maximum atomic E-state index is 3.86. The first kappa shape index (κ1) is 4.09. The molecule has 0 bridgehead atoms. The summed E-state index contributed by atoms with van der Waals surface area (Å²) in [5.41, 5.74) is 2.75. The van der Waals surface area contributed by atoms with Crippen molar-refractivity contribution in [3.8, 4) is 0 Å². The van der Waals surface area contributed by atoms with Crippen LogP contribution in [0.5, 0.6) is 0 Å². The largest absolute Gasteiger partial charge is 0.229 e. The minimum Gasteiger partial charge on any atom is -0.229 e. The van der Waals surface area contributed by atoms with Gasteiger partial charge in [-0.25, -0.2) is 4.52 Å². The van der Waals surface area contributed by atoms with E-state index in [4.69, 9.17) is 0 Å². The quantitative estimate of drug-likeness (QED) is 0.509. The van der Waals surface area contributed by atoms with Gasteiger partial charge in [-0.15, -0.1) is 0 Å². The average molecular weight is 122 g/mol. The van der Waals surface area contributed by atoms with E-state index in [-0.39, 0.29) is 0 Å². The van der Waals surface area contributed by atoms with E-state index in [1.54, 1.807) is 10.7 Å². The van der Waals surface area contributed by atoms with Crippen LogP contribution in [0, 0.1) is 11.6 Å². The highest BCUT2D eigenvalue weighted by Gasteiger charge is 1.89. The van der Waals surface area contributed by atoms with Gasteiger partial charge in [0, 0.05) is 12.3 Å². The molecule has 0 aromatic carbocycles. The van der Waals surface area contributed by atoms with Gasteiger partial charge in [0.2, 0.25) is 0 Å². The summed E-state index contributed by atoms with van der Waals surface area (Å²) in [6.45, 7) is 0. The Morgan fingerprint density at radius 1 is 1.75 bits per heavy atom. The summed E-state index contributed by atoms with van der Waals surface area (Å²) < 4.78 is 1.74. The van der Waals surface area contributed by atoms with Crippen LogP contribution in [0.3, 0.4) is 0 Å². The first-order valence-electron chi connectivity index (χ1n) is 2.18. The Hall–Kier alpha value is -0.830. The van der Waals surface area contributed by atoms with Gasteiger partial charge in [0.1, 0.15) is 4.83 Å². The van der Waals surface area contributed by atoms with Gasteiger partial charge >= 0.3 is 0 Å². The lowest BCUT2D eigenvalue weighted by atomic mass is 10.7. The second-order valence-corrected chi connectivity index (χ2v) is 2.22. The van der Waals surface area contributed by atoms with Gasteiger partial charge in [-0.05, 0) is 6.07 Å². The Morgan fingerprint density at radius 3 is 3.62 bits per heavy atom. The fourth-order valence-corrected chi connectivity index (χ4v) is 1.11. The van der Waals surface area contributed by atoms with Crippen molar-refractivity contribution in [3.05, 3.63) is 23.8 Å². The van der Waals surface area contributed by atoms with Crippen molar-refractivity contribution in [2.75, 3.05) is 0 Å². The number of nitrogens with zero attached hydrogens (tertiary/aromatic N) is 2. The number of hydrogen-bond acceptors (Lipinski definition) is 2. The molecule has 0 amide bonds. The Bertz CT molecular complexity index is 232. The van der Waals surface area contributed by atoms with Crippen molar-refractivity contribution in [1.29, 1.82) is 0 Å². The zero-order valence-electron chi connectivity index (χ0n) is 3.96. The van der Waals surface area contributed by atoms with Crippen molar-refractivity contribution >= 4 is 16.2 Å². The molecule has 0 aliphatic carbocycles. The molecule has 2 rings (SSSR count). The van der Waals surface area contributed by atoms with Crippen LogP contribution in [-0.4, -0.2) is 9.61 Å². The van der Waals surface area contributed by atoms with E-state index < -0.39 is 0 Å². The number of rotatable bonds is 0. The minimum absolute atomic E-state index is 1.09. The zero-order chi connectivity index (χ0) is 5.40. The summed E-state index contributed by atoms with van der Waals surface area (Å²) in [7, 11) is 0. The van der Waals surface area contributed by atoms with E-state index in [1.165, 1.54) is 11.3 Å². The molecule has 0 spiro atoms. The summed E-state index contributed by atoms with van der Waals surface area (Å²) in [5.74, 6) is 0. The lowest BCUT2D eigenvalue weighted by molar-refractivity contribution is 0.971. The van der Waals surface area contributed by atoms with Crippen LogP contribution < -0.4 is 0 Å². The predicted molar refractivity (Wildman–Crippen MR) is 30.7 cm³/mol.